The van der Waals surface area contributed by atoms with Gasteiger partial charge in [-0.1, -0.05) is 93.0 Å². The lowest BCUT2D eigenvalue weighted by Crippen LogP contribution is -2.58. The highest BCUT2D eigenvalue weighted by atomic mass is 35.5. The smallest absolute Gasteiger partial charge is 0.246 e. The molecule has 16 nitrogen and oxygen atoms in total. The lowest BCUT2D eigenvalue weighted by Gasteiger charge is -2.35. The standard InChI is InChI=1S/C59H64ClN9O7S2/c1-33-36(4)78-58-52(33)53(41-17-19-44(60)20-18-41)66-46(48-29-62-37(5)69(48)58)27-49(71)65-34(2)39-13-15-40(16-14-39)43-21-22-61-51(25-43)76-24-23-75-31-50(72)67-55(59(6,7)8)57(74)68-30-45(70)26-47(68)56(73)63-28-38-9-11-42(12-10-38)54-35(3)64-32-77-54/h9-22,25,29,32,34,45-47,55,70H,23-24,26-28,30-31H2,1-8H3,(H,63,73)(H,65,71)(H,67,72)/t34-,45-,46+,47+,55-/m1/s1. The number of aliphatic imine (C=N–C) groups is 1. The lowest BCUT2D eigenvalue weighted by molar-refractivity contribution is -0.144. The number of benzene rings is 3. The summed E-state index contributed by atoms with van der Waals surface area (Å²) in [5, 5.41) is 21.3. The predicted molar refractivity (Wildman–Crippen MR) is 304 cm³/mol. The zero-order valence-electron chi connectivity index (χ0n) is 44.9. The molecule has 2 aliphatic heterocycles. The molecule has 406 valence electrons. The highest BCUT2D eigenvalue weighted by Gasteiger charge is 2.44. The summed E-state index contributed by atoms with van der Waals surface area (Å²) in [4.78, 5) is 77.1. The fraction of sp³-hybridized carbons (Fsp3) is 0.356. The van der Waals surface area contributed by atoms with Gasteiger partial charge in [-0.25, -0.2) is 15.0 Å². The number of aliphatic hydroxyl groups excluding tert-OH is 1. The van der Waals surface area contributed by atoms with Crippen molar-refractivity contribution in [3.05, 3.63) is 158 Å². The number of halogens is 1. The minimum Gasteiger partial charge on any atom is -0.475 e. The van der Waals surface area contributed by atoms with Crippen LogP contribution >= 0.6 is 34.3 Å². The third-order valence-corrected chi connectivity index (χ3v) is 16.6. The minimum absolute atomic E-state index is 0.0346. The van der Waals surface area contributed by atoms with Crippen LogP contribution in [0.15, 0.2) is 108 Å². The van der Waals surface area contributed by atoms with Gasteiger partial charge in [-0.2, -0.15) is 0 Å². The average Bonchev–Trinajstić information content (AvgIpc) is 4.41. The van der Waals surface area contributed by atoms with Crippen molar-refractivity contribution >= 4 is 63.6 Å². The molecule has 4 aromatic heterocycles. The summed E-state index contributed by atoms with van der Waals surface area (Å²) in [6.07, 6.45) is 2.79. The number of ether oxygens (including phenoxy) is 2. The Morgan fingerprint density at radius 1 is 0.859 bits per heavy atom. The number of amides is 4. The van der Waals surface area contributed by atoms with E-state index >= 15 is 0 Å². The number of thiophene rings is 1. The number of aryl methyl sites for hydroxylation is 3. The number of nitrogens with one attached hydrogen (secondary N) is 3. The summed E-state index contributed by atoms with van der Waals surface area (Å²) in [5.74, 6) is -0.300. The number of carbonyl (C=O) groups excluding carboxylic acids is 4. The molecule has 4 N–H and O–H groups in total. The SMILES string of the molecule is Cc1ncsc1-c1ccc(CNC(=O)[C@@H]2C[C@@H](O)CN2C(=O)[C@@H](NC(=O)COCCOc2cc(-c3ccc([C@@H](C)NC(=O)C[C@@H]4N=C(c5ccc(Cl)cc5)c5c(sc(C)c5C)-n5c4cnc5C)cc3)ccn2)C(C)(C)C)cc1. The second-order valence-electron chi connectivity index (χ2n) is 20.9. The summed E-state index contributed by atoms with van der Waals surface area (Å²) < 4.78 is 13.7. The highest BCUT2D eigenvalue weighted by Crippen LogP contribution is 2.41. The summed E-state index contributed by atoms with van der Waals surface area (Å²) in [6.45, 7) is 15.6. The van der Waals surface area contributed by atoms with Crippen LogP contribution in [0.4, 0.5) is 0 Å². The second kappa shape index (κ2) is 23.9. The zero-order chi connectivity index (χ0) is 55.4. The zero-order valence-corrected chi connectivity index (χ0v) is 47.3. The van der Waals surface area contributed by atoms with Crippen LogP contribution in [0, 0.1) is 33.1 Å². The van der Waals surface area contributed by atoms with Crippen molar-refractivity contribution in [1.29, 1.82) is 0 Å². The van der Waals surface area contributed by atoms with Gasteiger partial charge in [-0.3, -0.25) is 28.7 Å². The van der Waals surface area contributed by atoms with E-state index in [1.807, 2.05) is 138 Å². The Kier molecular flexibility index (Phi) is 17.0. The largest absolute Gasteiger partial charge is 0.475 e. The molecule has 5 atom stereocenters. The number of pyridine rings is 1. The van der Waals surface area contributed by atoms with Crippen molar-refractivity contribution in [3.63, 3.8) is 0 Å². The molecule has 9 rings (SSSR count). The van der Waals surface area contributed by atoms with Crippen LogP contribution in [0.1, 0.15) is 103 Å². The quantitative estimate of drug-likeness (QED) is 0.0600. The molecule has 0 unspecified atom stereocenters. The van der Waals surface area contributed by atoms with Gasteiger partial charge < -0.3 is 35.4 Å². The monoisotopic (exact) mass is 1110 g/mol. The molecular weight excluding hydrogens is 1050 g/mol. The number of β-amino-alcohol motifs (C(OH)–C–C–N with tert-alkyl or cyclic N) is 1. The van der Waals surface area contributed by atoms with Crippen molar-refractivity contribution < 1.29 is 33.8 Å². The molecule has 6 heterocycles. The molecule has 7 aromatic rings. The van der Waals surface area contributed by atoms with Gasteiger partial charge in [0.05, 0.1) is 58.9 Å². The first-order chi connectivity index (χ1) is 37.3. The Morgan fingerprint density at radius 2 is 1.58 bits per heavy atom. The lowest BCUT2D eigenvalue weighted by atomic mass is 9.85. The Hall–Kier alpha value is -7.09. The van der Waals surface area contributed by atoms with Crippen LogP contribution < -0.4 is 20.7 Å². The number of imidazole rings is 1. The predicted octanol–water partition coefficient (Wildman–Crippen LogP) is 9.37. The summed E-state index contributed by atoms with van der Waals surface area (Å²) in [6, 6.07) is 24.5. The molecule has 3 aromatic carbocycles. The molecule has 0 aliphatic carbocycles. The fourth-order valence-electron chi connectivity index (χ4n) is 9.81. The van der Waals surface area contributed by atoms with E-state index in [1.54, 1.807) is 28.9 Å². The van der Waals surface area contributed by atoms with Crippen molar-refractivity contribution in [1.82, 2.24) is 40.4 Å². The van der Waals surface area contributed by atoms with E-state index < -0.39 is 41.5 Å². The Bertz CT molecular complexity index is 3350. The highest BCUT2D eigenvalue weighted by molar-refractivity contribution is 7.15. The normalized spacial score (nSPS) is 16.8. The van der Waals surface area contributed by atoms with E-state index in [4.69, 9.17) is 26.1 Å². The van der Waals surface area contributed by atoms with Gasteiger partial charge in [0.1, 0.15) is 42.2 Å². The van der Waals surface area contributed by atoms with Crippen LogP contribution in [0.3, 0.4) is 0 Å². The third kappa shape index (κ3) is 12.6. The number of rotatable bonds is 18. The Balaban J connectivity index is 0.747. The molecule has 0 spiro atoms. The number of nitrogens with zero attached hydrogens (tertiary/aromatic N) is 6. The van der Waals surface area contributed by atoms with Gasteiger partial charge >= 0.3 is 0 Å². The van der Waals surface area contributed by atoms with Crippen LogP contribution in [0.2, 0.25) is 5.02 Å². The van der Waals surface area contributed by atoms with Gasteiger partial charge in [0, 0.05) is 52.8 Å². The molecule has 2 aliphatic rings. The third-order valence-electron chi connectivity index (χ3n) is 14.2. The molecule has 19 heteroatoms. The van der Waals surface area contributed by atoms with Crippen molar-refractivity contribution in [2.75, 3.05) is 26.4 Å². The Morgan fingerprint density at radius 3 is 2.28 bits per heavy atom. The van der Waals surface area contributed by atoms with Crippen molar-refractivity contribution in [2.24, 2.45) is 10.4 Å². The summed E-state index contributed by atoms with van der Waals surface area (Å²) in [5.41, 5.74) is 11.5. The van der Waals surface area contributed by atoms with E-state index in [-0.39, 0.29) is 63.6 Å². The first-order valence-corrected chi connectivity index (χ1v) is 28.0. The number of carbonyl (C=O) groups is 4. The first kappa shape index (κ1) is 55.7. The molecule has 1 saturated heterocycles. The molecule has 0 bridgehead atoms. The van der Waals surface area contributed by atoms with Crippen molar-refractivity contribution in [3.8, 4) is 32.4 Å². The van der Waals surface area contributed by atoms with Crippen molar-refractivity contribution in [2.45, 2.75) is 105 Å². The van der Waals surface area contributed by atoms with Gasteiger partial charge in [0.25, 0.3) is 0 Å². The Labute approximate surface area is 467 Å². The topological polar surface area (TPSA) is 202 Å². The maximum atomic E-state index is 14.1. The van der Waals surface area contributed by atoms with Gasteiger partial charge in [0.15, 0.2) is 0 Å². The maximum Gasteiger partial charge on any atom is 0.246 e. The molecule has 1 fully saturated rings. The van der Waals surface area contributed by atoms with E-state index in [0.717, 1.165) is 77.3 Å². The maximum absolute atomic E-state index is 14.1. The van der Waals surface area contributed by atoms with Crippen LogP contribution in [0.5, 0.6) is 5.88 Å². The van der Waals surface area contributed by atoms with E-state index in [2.05, 4.69) is 49.3 Å². The molecule has 0 radical (unpaired) electrons. The molecule has 0 saturated carbocycles. The first-order valence-electron chi connectivity index (χ1n) is 25.9. The molecular formula is C59H64ClN9O7S2. The van der Waals surface area contributed by atoms with E-state index in [0.29, 0.717) is 10.9 Å². The summed E-state index contributed by atoms with van der Waals surface area (Å²) >= 11 is 9.56. The number of thiazole rings is 1. The average molecular weight is 1110 g/mol. The van der Waals surface area contributed by atoms with E-state index in [9.17, 15) is 24.3 Å². The number of fused-ring (bicyclic) bond motifs is 3. The number of hydrogen-bond donors (Lipinski definition) is 4. The number of likely N-dealkylation sites (tertiary alicyclic amines) is 1. The number of aromatic nitrogens is 4. The number of hydrogen-bond acceptors (Lipinski definition) is 13. The van der Waals surface area contributed by atoms with Crippen LogP contribution in [-0.4, -0.2) is 103 Å². The molecule has 4 amide bonds. The van der Waals surface area contributed by atoms with Crippen LogP contribution in [-0.2, 0) is 30.5 Å². The minimum atomic E-state index is -1.00. The van der Waals surface area contributed by atoms with Gasteiger partial charge in [-0.15, -0.1) is 22.7 Å². The number of aliphatic hydroxyl groups is 1. The fourth-order valence-corrected chi connectivity index (χ4v) is 12.0. The van der Waals surface area contributed by atoms with Gasteiger partial charge in [-0.05, 0) is 91.6 Å². The molecule has 78 heavy (non-hydrogen) atoms. The van der Waals surface area contributed by atoms with Crippen LogP contribution in [0.25, 0.3) is 26.6 Å². The van der Waals surface area contributed by atoms with Gasteiger partial charge in [0.2, 0.25) is 29.5 Å². The summed E-state index contributed by atoms with van der Waals surface area (Å²) in [7, 11) is 0. The second-order valence-corrected chi connectivity index (χ2v) is 23.4. The van der Waals surface area contributed by atoms with E-state index in [1.165, 1.54) is 9.78 Å².